The first-order valence-corrected chi connectivity index (χ1v) is 10.0. The minimum atomic E-state index is -0.0849. The van der Waals surface area contributed by atoms with Gasteiger partial charge in [-0.2, -0.15) is 0 Å². The van der Waals surface area contributed by atoms with Gasteiger partial charge in [0.15, 0.2) is 0 Å². The predicted octanol–water partition coefficient (Wildman–Crippen LogP) is 4.92. The Balaban J connectivity index is 1.52. The van der Waals surface area contributed by atoms with Gasteiger partial charge in [0, 0.05) is 10.6 Å². The number of carbonyl (C=O) groups is 1. The van der Waals surface area contributed by atoms with Crippen molar-refractivity contribution in [2.24, 2.45) is 0 Å². The van der Waals surface area contributed by atoms with Crippen LogP contribution in [0, 0.1) is 0 Å². The number of nitrogens with one attached hydrogen (secondary N) is 1. The molecule has 0 aliphatic rings. The van der Waals surface area contributed by atoms with E-state index in [1.165, 1.54) is 17.3 Å². The fraction of sp³-hybridized carbons (Fsp3) is 0.250. The second kappa shape index (κ2) is 9.06. The van der Waals surface area contributed by atoms with Crippen molar-refractivity contribution in [2.45, 2.75) is 31.5 Å². The van der Waals surface area contributed by atoms with E-state index in [4.69, 9.17) is 16.0 Å². The molecular formula is C20H20ClN3O2S. The Morgan fingerprint density at radius 2 is 1.85 bits per heavy atom. The number of rotatable bonds is 7. The normalized spacial score (nSPS) is 12.0. The summed E-state index contributed by atoms with van der Waals surface area (Å²) in [6.45, 7) is 4.09. The lowest BCUT2D eigenvalue weighted by Crippen LogP contribution is -2.28. The Bertz CT molecular complexity index is 894. The number of carbonyl (C=O) groups excluding carboxylic acids is 1. The zero-order chi connectivity index (χ0) is 19.2. The fourth-order valence-corrected chi connectivity index (χ4v) is 3.21. The van der Waals surface area contributed by atoms with E-state index in [1.54, 1.807) is 12.1 Å². The summed E-state index contributed by atoms with van der Waals surface area (Å²) >= 11 is 7.09. The SMILES string of the molecule is CCc1ccc(C(C)NC(=O)CSc2nnc(-c3ccc(Cl)cc3)o2)cc1. The second-order valence-electron chi connectivity index (χ2n) is 6.05. The molecule has 0 aliphatic carbocycles. The smallest absolute Gasteiger partial charge is 0.277 e. The minimum Gasteiger partial charge on any atom is -0.411 e. The maximum atomic E-state index is 12.2. The summed E-state index contributed by atoms with van der Waals surface area (Å²) in [5.41, 5.74) is 3.14. The molecule has 1 amide bonds. The van der Waals surface area contributed by atoms with E-state index in [-0.39, 0.29) is 17.7 Å². The number of halogens is 1. The molecule has 3 rings (SSSR count). The average molecular weight is 402 g/mol. The molecule has 1 atom stereocenters. The number of aromatic nitrogens is 2. The Morgan fingerprint density at radius 1 is 1.15 bits per heavy atom. The first-order valence-electron chi connectivity index (χ1n) is 8.65. The number of hydrogen-bond acceptors (Lipinski definition) is 5. The summed E-state index contributed by atoms with van der Waals surface area (Å²) in [6, 6.07) is 15.3. The maximum Gasteiger partial charge on any atom is 0.277 e. The first kappa shape index (κ1) is 19.5. The van der Waals surface area contributed by atoms with Crippen molar-refractivity contribution in [2.75, 3.05) is 5.75 Å². The molecule has 1 aromatic heterocycles. The van der Waals surface area contributed by atoms with Crippen molar-refractivity contribution in [3.05, 3.63) is 64.7 Å². The summed E-state index contributed by atoms with van der Waals surface area (Å²) in [5, 5.41) is 12.0. The molecule has 1 unspecified atom stereocenters. The van der Waals surface area contributed by atoms with Crippen LogP contribution in [-0.2, 0) is 11.2 Å². The molecule has 7 heteroatoms. The molecule has 0 fully saturated rings. The topological polar surface area (TPSA) is 68.0 Å². The molecule has 1 heterocycles. The van der Waals surface area contributed by atoms with E-state index < -0.39 is 0 Å². The number of thioether (sulfide) groups is 1. The van der Waals surface area contributed by atoms with E-state index in [2.05, 4.69) is 34.6 Å². The van der Waals surface area contributed by atoms with Crippen molar-refractivity contribution in [1.82, 2.24) is 15.5 Å². The van der Waals surface area contributed by atoms with Crippen LogP contribution in [0.3, 0.4) is 0 Å². The van der Waals surface area contributed by atoms with Gasteiger partial charge in [0.1, 0.15) is 0 Å². The van der Waals surface area contributed by atoms with Crippen molar-refractivity contribution in [3.8, 4) is 11.5 Å². The minimum absolute atomic E-state index is 0.0590. The van der Waals surface area contributed by atoms with Gasteiger partial charge in [-0.25, -0.2) is 0 Å². The standard InChI is InChI=1S/C20H20ClN3O2S/c1-3-14-4-6-15(7-5-14)13(2)22-18(25)12-27-20-24-23-19(26-20)16-8-10-17(21)11-9-16/h4-11,13H,3,12H2,1-2H3,(H,22,25). The largest absolute Gasteiger partial charge is 0.411 e. The molecular weight excluding hydrogens is 382 g/mol. The fourth-order valence-electron chi connectivity index (χ4n) is 2.51. The molecule has 140 valence electrons. The lowest BCUT2D eigenvalue weighted by Gasteiger charge is -2.14. The van der Waals surface area contributed by atoms with Crippen molar-refractivity contribution in [1.29, 1.82) is 0 Å². The van der Waals surface area contributed by atoms with Gasteiger partial charge < -0.3 is 9.73 Å². The van der Waals surface area contributed by atoms with Crippen LogP contribution < -0.4 is 5.32 Å². The molecule has 0 bridgehead atoms. The molecule has 1 N–H and O–H groups in total. The molecule has 2 aromatic carbocycles. The number of aryl methyl sites for hydroxylation is 1. The summed E-state index contributed by atoms with van der Waals surface area (Å²) in [4.78, 5) is 12.2. The highest BCUT2D eigenvalue weighted by Crippen LogP contribution is 2.24. The van der Waals surface area contributed by atoms with Crippen LogP contribution in [-0.4, -0.2) is 21.9 Å². The van der Waals surface area contributed by atoms with E-state index in [0.29, 0.717) is 16.1 Å². The van der Waals surface area contributed by atoms with E-state index in [9.17, 15) is 4.79 Å². The van der Waals surface area contributed by atoms with Gasteiger partial charge in [-0.3, -0.25) is 4.79 Å². The maximum absolute atomic E-state index is 12.2. The monoisotopic (exact) mass is 401 g/mol. The lowest BCUT2D eigenvalue weighted by molar-refractivity contribution is -0.119. The third-order valence-corrected chi connectivity index (χ3v) is 5.16. The van der Waals surface area contributed by atoms with Gasteiger partial charge in [0.2, 0.25) is 11.8 Å². The third-order valence-electron chi connectivity index (χ3n) is 4.09. The Hall–Kier alpha value is -2.31. The van der Waals surface area contributed by atoms with E-state index in [1.807, 2.05) is 31.2 Å². The zero-order valence-corrected chi connectivity index (χ0v) is 16.7. The quantitative estimate of drug-likeness (QED) is 0.569. The predicted molar refractivity (Wildman–Crippen MR) is 108 cm³/mol. The molecule has 0 spiro atoms. The van der Waals surface area contributed by atoms with Crippen LogP contribution in [0.25, 0.3) is 11.5 Å². The highest BCUT2D eigenvalue weighted by Gasteiger charge is 2.13. The highest BCUT2D eigenvalue weighted by atomic mass is 35.5. The van der Waals surface area contributed by atoms with Gasteiger partial charge in [0.25, 0.3) is 5.22 Å². The molecule has 0 radical (unpaired) electrons. The van der Waals surface area contributed by atoms with Gasteiger partial charge in [-0.05, 0) is 48.7 Å². The molecule has 0 saturated carbocycles. The Morgan fingerprint density at radius 3 is 2.52 bits per heavy atom. The van der Waals surface area contributed by atoms with E-state index >= 15 is 0 Å². The summed E-state index contributed by atoms with van der Waals surface area (Å²) in [6.07, 6.45) is 1.000. The van der Waals surface area contributed by atoms with Crippen LogP contribution in [0.15, 0.2) is 58.2 Å². The van der Waals surface area contributed by atoms with E-state index in [0.717, 1.165) is 17.5 Å². The van der Waals surface area contributed by atoms with Crippen LogP contribution >= 0.6 is 23.4 Å². The lowest BCUT2D eigenvalue weighted by atomic mass is 10.1. The van der Waals surface area contributed by atoms with Crippen LogP contribution in [0.5, 0.6) is 0 Å². The molecule has 0 saturated heterocycles. The zero-order valence-electron chi connectivity index (χ0n) is 15.1. The van der Waals surface area contributed by atoms with Crippen LogP contribution in [0.4, 0.5) is 0 Å². The number of benzene rings is 2. The molecule has 27 heavy (non-hydrogen) atoms. The van der Waals surface area contributed by atoms with Gasteiger partial charge >= 0.3 is 0 Å². The Kier molecular flexibility index (Phi) is 6.53. The average Bonchev–Trinajstić information content (AvgIpc) is 3.16. The van der Waals surface area contributed by atoms with Gasteiger partial charge in [0.05, 0.1) is 11.8 Å². The third kappa shape index (κ3) is 5.34. The Labute approximate surface area is 167 Å². The molecule has 0 aliphatic heterocycles. The second-order valence-corrected chi connectivity index (χ2v) is 7.42. The first-order chi connectivity index (χ1) is 13.0. The summed E-state index contributed by atoms with van der Waals surface area (Å²) in [7, 11) is 0. The van der Waals surface area contributed by atoms with Gasteiger partial charge in [-0.1, -0.05) is 54.6 Å². The van der Waals surface area contributed by atoms with Crippen LogP contribution in [0.2, 0.25) is 5.02 Å². The summed E-state index contributed by atoms with van der Waals surface area (Å²) in [5.74, 6) is 0.525. The van der Waals surface area contributed by atoms with Crippen molar-refractivity contribution < 1.29 is 9.21 Å². The summed E-state index contributed by atoms with van der Waals surface area (Å²) < 4.78 is 5.59. The number of hydrogen-bond donors (Lipinski definition) is 1. The molecule has 5 nitrogen and oxygen atoms in total. The van der Waals surface area contributed by atoms with Crippen LogP contribution in [0.1, 0.15) is 31.0 Å². The number of nitrogens with zero attached hydrogens (tertiary/aromatic N) is 2. The van der Waals surface area contributed by atoms with Gasteiger partial charge in [-0.15, -0.1) is 10.2 Å². The molecule has 3 aromatic rings. The van der Waals surface area contributed by atoms with Crippen molar-refractivity contribution in [3.63, 3.8) is 0 Å². The van der Waals surface area contributed by atoms with Crippen molar-refractivity contribution >= 4 is 29.3 Å². The number of amides is 1. The highest BCUT2D eigenvalue weighted by molar-refractivity contribution is 7.99.